The molecule has 1 aromatic rings. The Labute approximate surface area is 212 Å². The van der Waals surface area contributed by atoms with Gasteiger partial charge in [-0.2, -0.15) is 0 Å². The SMILES string of the molecule is CC(NC(=O)C(NC(=O)C(N)Cc1ccc(O)cc1)C(C)C)C(=O)C(=O)CF.NC(CC(=O)O)C(=O)O. The number of carbonyl (C=O) groups is 6. The fourth-order valence-corrected chi connectivity index (χ4v) is 2.73. The van der Waals surface area contributed by atoms with Crippen molar-refractivity contribution in [1.29, 1.82) is 0 Å². The lowest BCUT2D eigenvalue weighted by atomic mass is 10.0. The molecule has 0 spiro atoms. The Balaban J connectivity index is 0.00000122. The van der Waals surface area contributed by atoms with E-state index in [1.54, 1.807) is 26.0 Å². The molecule has 0 heterocycles. The lowest BCUT2D eigenvalue weighted by Crippen LogP contribution is -2.56. The smallest absolute Gasteiger partial charge is 0.321 e. The van der Waals surface area contributed by atoms with E-state index in [1.165, 1.54) is 19.1 Å². The number of hydrogen-bond donors (Lipinski definition) is 7. The molecule has 0 bridgehead atoms. The van der Waals surface area contributed by atoms with Crippen molar-refractivity contribution in [2.24, 2.45) is 17.4 Å². The van der Waals surface area contributed by atoms with Gasteiger partial charge in [0.15, 0.2) is 6.67 Å². The molecule has 0 aromatic heterocycles. The van der Waals surface area contributed by atoms with Crippen molar-refractivity contribution in [3.8, 4) is 5.75 Å². The number of aliphatic carboxylic acids is 2. The highest BCUT2D eigenvalue weighted by Crippen LogP contribution is 2.11. The third kappa shape index (κ3) is 12.6. The lowest BCUT2D eigenvalue weighted by Gasteiger charge is -2.25. The molecule has 37 heavy (non-hydrogen) atoms. The van der Waals surface area contributed by atoms with Crippen LogP contribution in [0.2, 0.25) is 0 Å². The van der Waals surface area contributed by atoms with Crippen LogP contribution in [0.3, 0.4) is 0 Å². The summed E-state index contributed by atoms with van der Waals surface area (Å²) in [7, 11) is 0. The van der Waals surface area contributed by atoms with Crippen molar-refractivity contribution in [1.82, 2.24) is 10.6 Å². The summed E-state index contributed by atoms with van der Waals surface area (Å²) >= 11 is 0. The number of halogens is 1. The number of carboxylic acids is 2. The minimum absolute atomic E-state index is 0.0909. The minimum atomic E-state index is -1.44. The summed E-state index contributed by atoms with van der Waals surface area (Å²) < 4.78 is 12.3. The van der Waals surface area contributed by atoms with Crippen LogP contribution >= 0.6 is 0 Å². The number of aromatic hydroxyl groups is 1. The molecule has 1 aromatic carbocycles. The monoisotopic (exact) mass is 528 g/mol. The molecule has 13 nitrogen and oxygen atoms in total. The predicted molar refractivity (Wildman–Crippen MR) is 128 cm³/mol. The number of benzene rings is 1. The van der Waals surface area contributed by atoms with Gasteiger partial charge in [0, 0.05) is 0 Å². The minimum Gasteiger partial charge on any atom is -0.508 e. The molecule has 1 rings (SSSR count). The van der Waals surface area contributed by atoms with E-state index in [0.717, 1.165) is 5.56 Å². The van der Waals surface area contributed by atoms with Gasteiger partial charge < -0.3 is 37.4 Å². The summed E-state index contributed by atoms with van der Waals surface area (Å²) in [6.45, 7) is 3.21. The molecule has 0 saturated carbocycles. The number of ketones is 2. The summed E-state index contributed by atoms with van der Waals surface area (Å²) in [5, 5.41) is 30.2. The molecule has 9 N–H and O–H groups in total. The molecule has 4 unspecified atom stereocenters. The van der Waals surface area contributed by atoms with Gasteiger partial charge in [-0.15, -0.1) is 0 Å². The first-order valence-corrected chi connectivity index (χ1v) is 11.1. The van der Waals surface area contributed by atoms with Gasteiger partial charge in [0.2, 0.25) is 23.4 Å². The molecule has 2 amide bonds. The van der Waals surface area contributed by atoms with Gasteiger partial charge in [-0.25, -0.2) is 4.39 Å². The van der Waals surface area contributed by atoms with Crippen molar-refractivity contribution in [3.05, 3.63) is 29.8 Å². The molecule has 206 valence electrons. The van der Waals surface area contributed by atoms with E-state index in [4.69, 9.17) is 21.7 Å². The first-order chi connectivity index (χ1) is 17.1. The second-order valence-corrected chi connectivity index (χ2v) is 8.40. The topological polar surface area (TPSA) is 239 Å². The zero-order chi connectivity index (χ0) is 28.9. The predicted octanol–water partition coefficient (Wildman–Crippen LogP) is -1.11. The van der Waals surface area contributed by atoms with Crippen LogP contribution in [0.15, 0.2) is 24.3 Å². The molecular formula is C23H33FN4O9. The largest absolute Gasteiger partial charge is 0.508 e. The molecule has 0 aliphatic rings. The Morgan fingerprint density at radius 2 is 1.43 bits per heavy atom. The fraction of sp³-hybridized carbons (Fsp3) is 0.478. The number of alkyl halides is 1. The standard InChI is InChI=1S/C19H26FN3O5.C4H7NO4/c1-10(2)16(19(28)22-11(3)17(26)15(25)9-20)23-18(27)14(21)8-12-4-6-13(24)7-5-12;5-2(4(8)9)1-3(6)7/h4-7,10-11,14,16,24H,8-9,21H2,1-3H3,(H,22,28)(H,23,27);2H,1,5H2,(H,6,7)(H,8,9). The maximum absolute atomic E-state index is 12.4. The van der Waals surface area contributed by atoms with E-state index in [1.807, 2.05) is 0 Å². The highest BCUT2D eigenvalue weighted by Gasteiger charge is 2.30. The average Bonchev–Trinajstić information content (AvgIpc) is 2.82. The number of nitrogens with two attached hydrogens (primary N) is 2. The van der Waals surface area contributed by atoms with Gasteiger partial charge in [0.1, 0.15) is 17.8 Å². The Hall–Kier alpha value is -3.91. The van der Waals surface area contributed by atoms with E-state index >= 15 is 0 Å². The van der Waals surface area contributed by atoms with Crippen LogP contribution in [0.5, 0.6) is 5.75 Å². The zero-order valence-corrected chi connectivity index (χ0v) is 20.6. The first kappa shape index (κ1) is 33.1. The number of nitrogens with one attached hydrogen (secondary N) is 2. The molecule has 0 fully saturated rings. The Kier molecular flexibility index (Phi) is 14.3. The number of hydrogen-bond acceptors (Lipinski definition) is 9. The Morgan fingerprint density at radius 3 is 1.84 bits per heavy atom. The van der Waals surface area contributed by atoms with Gasteiger partial charge in [-0.1, -0.05) is 26.0 Å². The van der Waals surface area contributed by atoms with Crippen molar-refractivity contribution in [2.75, 3.05) is 6.67 Å². The third-order valence-electron chi connectivity index (χ3n) is 4.84. The number of Topliss-reactive ketones (excluding diaryl/α,β-unsaturated/α-hetero) is 2. The van der Waals surface area contributed by atoms with Crippen LogP contribution in [0.25, 0.3) is 0 Å². The molecule has 0 saturated heterocycles. The lowest BCUT2D eigenvalue weighted by molar-refractivity contribution is -0.144. The van der Waals surface area contributed by atoms with E-state index in [0.29, 0.717) is 0 Å². The van der Waals surface area contributed by atoms with E-state index in [9.17, 15) is 38.3 Å². The number of phenolic OH excluding ortho intramolecular Hbond substituents is 1. The number of amides is 2. The summed E-state index contributed by atoms with van der Waals surface area (Å²) in [5.41, 5.74) is 11.5. The van der Waals surface area contributed by atoms with Gasteiger partial charge in [-0.05, 0) is 37.0 Å². The van der Waals surface area contributed by atoms with Crippen LogP contribution in [-0.4, -0.2) is 81.5 Å². The van der Waals surface area contributed by atoms with Crippen LogP contribution in [0.1, 0.15) is 32.8 Å². The first-order valence-electron chi connectivity index (χ1n) is 11.1. The number of rotatable bonds is 13. The zero-order valence-electron chi connectivity index (χ0n) is 20.6. The van der Waals surface area contributed by atoms with Crippen LogP contribution in [0, 0.1) is 5.92 Å². The quantitative estimate of drug-likeness (QED) is 0.151. The van der Waals surface area contributed by atoms with Gasteiger partial charge in [0.05, 0.1) is 18.5 Å². The summed E-state index contributed by atoms with van der Waals surface area (Å²) in [4.78, 5) is 67.2. The normalized spacial score (nSPS) is 13.7. The van der Waals surface area contributed by atoms with Crippen molar-refractivity contribution in [3.63, 3.8) is 0 Å². The Bertz CT molecular complexity index is 969. The third-order valence-corrected chi connectivity index (χ3v) is 4.84. The van der Waals surface area contributed by atoms with E-state index < -0.39 is 72.6 Å². The number of carboxylic acid groups (broad SMARTS) is 2. The number of phenols is 1. The Morgan fingerprint density at radius 1 is 0.892 bits per heavy atom. The fourth-order valence-electron chi connectivity index (χ4n) is 2.73. The van der Waals surface area contributed by atoms with Crippen molar-refractivity contribution >= 4 is 35.3 Å². The van der Waals surface area contributed by atoms with E-state index in [2.05, 4.69) is 10.6 Å². The molecule has 14 heteroatoms. The van der Waals surface area contributed by atoms with Gasteiger partial charge in [-0.3, -0.25) is 28.8 Å². The highest BCUT2D eigenvalue weighted by atomic mass is 19.1. The molecule has 0 radical (unpaired) electrons. The van der Waals surface area contributed by atoms with Gasteiger partial charge >= 0.3 is 11.9 Å². The van der Waals surface area contributed by atoms with Gasteiger partial charge in [0.25, 0.3) is 0 Å². The number of carbonyl (C=O) groups excluding carboxylic acids is 4. The van der Waals surface area contributed by atoms with Crippen molar-refractivity contribution < 1.29 is 48.5 Å². The van der Waals surface area contributed by atoms with Crippen LogP contribution in [0.4, 0.5) is 4.39 Å². The second kappa shape index (κ2) is 16.0. The summed E-state index contributed by atoms with van der Waals surface area (Å²) in [6.07, 6.45) is -0.340. The highest BCUT2D eigenvalue weighted by molar-refractivity contribution is 6.39. The summed E-state index contributed by atoms with van der Waals surface area (Å²) in [5.74, 6) is -6.25. The average molecular weight is 529 g/mol. The maximum Gasteiger partial charge on any atom is 0.321 e. The molecule has 4 atom stereocenters. The van der Waals surface area contributed by atoms with Crippen LogP contribution < -0.4 is 22.1 Å². The molecule has 0 aliphatic carbocycles. The van der Waals surface area contributed by atoms with Crippen molar-refractivity contribution in [2.45, 2.75) is 57.8 Å². The second-order valence-electron chi connectivity index (χ2n) is 8.40. The summed E-state index contributed by atoms with van der Waals surface area (Å²) in [6, 6.07) is 1.78. The maximum atomic E-state index is 12.4. The van der Waals surface area contributed by atoms with E-state index in [-0.39, 0.29) is 18.1 Å². The van der Waals surface area contributed by atoms with Crippen LogP contribution in [-0.2, 0) is 35.2 Å². The molecular weight excluding hydrogens is 495 g/mol. The molecule has 0 aliphatic heterocycles.